The molecule has 0 atom stereocenters. The van der Waals surface area contributed by atoms with E-state index in [0.717, 1.165) is 51.4 Å². The summed E-state index contributed by atoms with van der Waals surface area (Å²) in [4.78, 5) is 16.5. The quantitative estimate of drug-likeness (QED) is 0.772. The summed E-state index contributed by atoms with van der Waals surface area (Å²) in [6.45, 7) is 5.29. The molecule has 22 heavy (non-hydrogen) atoms. The van der Waals surface area contributed by atoms with Crippen molar-refractivity contribution in [3.05, 3.63) is 29.8 Å². The monoisotopic (exact) mass is 305 g/mol. The third kappa shape index (κ3) is 4.71. The van der Waals surface area contributed by atoms with Gasteiger partial charge in [-0.1, -0.05) is 18.2 Å². The minimum Gasteiger partial charge on any atom is -0.496 e. The Kier molecular flexibility index (Phi) is 6.68. The van der Waals surface area contributed by atoms with Crippen LogP contribution in [0.5, 0.6) is 5.75 Å². The highest BCUT2D eigenvalue weighted by Crippen LogP contribution is 2.20. The van der Waals surface area contributed by atoms with E-state index in [1.807, 2.05) is 30.1 Å². The molecule has 122 valence electrons. The average molecular weight is 305 g/mol. The van der Waals surface area contributed by atoms with E-state index >= 15 is 0 Å². The Morgan fingerprint density at radius 3 is 2.64 bits per heavy atom. The summed E-state index contributed by atoms with van der Waals surface area (Å²) in [5, 5.41) is 3.08. The summed E-state index contributed by atoms with van der Waals surface area (Å²) in [6, 6.07) is 8.13. The van der Waals surface area contributed by atoms with Crippen LogP contribution in [0.1, 0.15) is 18.4 Å². The third-order valence-electron chi connectivity index (χ3n) is 4.13. The Morgan fingerprint density at radius 2 is 1.95 bits per heavy atom. The van der Waals surface area contributed by atoms with Crippen LogP contribution in [0, 0.1) is 0 Å². The number of para-hydroxylation sites is 1. The molecule has 1 aliphatic heterocycles. The van der Waals surface area contributed by atoms with Crippen molar-refractivity contribution in [2.45, 2.75) is 19.4 Å². The van der Waals surface area contributed by atoms with Crippen LogP contribution in [0.25, 0.3) is 0 Å². The first-order chi connectivity index (χ1) is 10.7. The summed E-state index contributed by atoms with van der Waals surface area (Å²) in [6.07, 6.45) is 1.56. The molecule has 2 rings (SSSR count). The number of rotatable bonds is 7. The lowest BCUT2D eigenvalue weighted by Crippen LogP contribution is -2.48. The van der Waals surface area contributed by atoms with Crippen LogP contribution < -0.4 is 10.1 Å². The summed E-state index contributed by atoms with van der Waals surface area (Å²) >= 11 is 0. The number of carbonyl (C=O) groups is 1. The van der Waals surface area contributed by atoms with Gasteiger partial charge in [0.2, 0.25) is 5.91 Å². The molecule has 1 aliphatic rings. The van der Waals surface area contributed by atoms with E-state index in [4.69, 9.17) is 4.74 Å². The van der Waals surface area contributed by atoms with E-state index in [9.17, 15) is 4.79 Å². The van der Waals surface area contributed by atoms with Gasteiger partial charge < -0.3 is 15.0 Å². The van der Waals surface area contributed by atoms with Crippen molar-refractivity contribution < 1.29 is 9.53 Å². The average Bonchev–Trinajstić information content (AvgIpc) is 2.56. The second-order valence-electron chi connectivity index (χ2n) is 5.68. The minimum absolute atomic E-state index is 0.284. The highest BCUT2D eigenvalue weighted by molar-refractivity contribution is 5.76. The molecule has 0 bridgehead atoms. The zero-order valence-electron chi connectivity index (χ0n) is 13.7. The highest BCUT2D eigenvalue weighted by Gasteiger charge is 2.21. The van der Waals surface area contributed by atoms with E-state index in [2.05, 4.69) is 16.3 Å². The topological polar surface area (TPSA) is 44.8 Å². The Morgan fingerprint density at radius 1 is 1.23 bits per heavy atom. The smallest absolute Gasteiger partial charge is 0.222 e. The van der Waals surface area contributed by atoms with E-state index in [1.54, 1.807) is 7.11 Å². The summed E-state index contributed by atoms with van der Waals surface area (Å²) in [5.41, 5.74) is 1.21. The van der Waals surface area contributed by atoms with Gasteiger partial charge in [-0.05, 0) is 26.1 Å². The lowest BCUT2D eigenvalue weighted by atomic mass is 10.1. The van der Waals surface area contributed by atoms with Gasteiger partial charge in [0.15, 0.2) is 0 Å². The molecule has 1 saturated heterocycles. The van der Waals surface area contributed by atoms with E-state index in [0.29, 0.717) is 6.42 Å². The molecule has 1 amide bonds. The van der Waals surface area contributed by atoms with Gasteiger partial charge in [-0.2, -0.15) is 0 Å². The maximum Gasteiger partial charge on any atom is 0.222 e. The standard InChI is InChI=1S/C17H27N3O2/c1-18-9-5-8-17(21)20-12-10-19(11-13-20)14-15-6-3-4-7-16(15)22-2/h3-4,6-7,18H,5,8-14H2,1-2H3. The lowest BCUT2D eigenvalue weighted by Gasteiger charge is -2.35. The molecule has 1 N–H and O–H groups in total. The third-order valence-corrected chi connectivity index (χ3v) is 4.13. The van der Waals surface area contributed by atoms with E-state index < -0.39 is 0 Å². The fourth-order valence-electron chi connectivity index (χ4n) is 2.80. The SMILES string of the molecule is CNCCCC(=O)N1CCN(Cc2ccccc2OC)CC1. The fourth-order valence-corrected chi connectivity index (χ4v) is 2.80. The van der Waals surface area contributed by atoms with Gasteiger partial charge in [0.25, 0.3) is 0 Å². The number of piperazine rings is 1. The Hall–Kier alpha value is -1.59. The first kappa shape index (κ1) is 16.8. The van der Waals surface area contributed by atoms with Crippen LogP contribution in [0.3, 0.4) is 0 Å². The van der Waals surface area contributed by atoms with Gasteiger partial charge >= 0.3 is 0 Å². The van der Waals surface area contributed by atoms with Crippen LogP contribution in [0.15, 0.2) is 24.3 Å². The molecular weight excluding hydrogens is 278 g/mol. The fraction of sp³-hybridized carbons (Fsp3) is 0.588. The van der Waals surface area contributed by atoms with Crippen LogP contribution in [0.4, 0.5) is 0 Å². The van der Waals surface area contributed by atoms with Crippen LogP contribution in [-0.2, 0) is 11.3 Å². The lowest BCUT2D eigenvalue weighted by molar-refractivity contribution is -0.133. The number of benzene rings is 1. The largest absolute Gasteiger partial charge is 0.496 e. The molecule has 0 aliphatic carbocycles. The van der Waals surface area contributed by atoms with Crippen molar-refractivity contribution in [1.82, 2.24) is 15.1 Å². The number of carbonyl (C=O) groups excluding carboxylic acids is 1. The molecule has 1 aromatic carbocycles. The number of nitrogens with one attached hydrogen (secondary N) is 1. The number of hydrogen-bond acceptors (Lipinski definition) is 4. The molecule has 5 nitrogen and oxygen atoms in total. The molecular formula is C17H27N3O2. The maximum atomic E-state index is 12.1. The second-order valence-corrected chi connectivity index (χ2v) is 5.68. The maximum absolute atomic E-state index is 12.1. The van der Waals surface area contributed by atoms with Crippen molar-refractivity contribution in [2.75, 3.05) is 46.9 Å². The number of nitrogens with zero attached hydrogens (tertiary/aromatic N) is 2. The molecule has 0 radical (unpaired) electrons. The molecule has 0 saturated carbocycles. The van der Waals surface area contributed by atoms with Gasteiger partial charge in [-0.25, -0.2) is 0 Å². The molecule has 5 heteroatoms. The summed E-state index contributed by atoms with van der Waals surface area (Å²) in [7, 11) is 3.63. The summed E-state index contributed by atoms with van der Waals surface area (Å²) < 4.78 is 5.40. The van der Waals surface area contributed by atoms with Gasteiger partial charge in [0.1, 0.15) is 5.75 Å². The second kappa shape index (κ2) is 8.76. The number of hydrogen-bond donors (Lipinski definition) is 1. The van der Waals surface area contributed by atoms with Crippen LogP contribution in [-0.4, -0.2) is 62.6 Å². The molecule has 1 aromatic rings. The van der Waals surface area contributed by atoms with Crippen molar-refractivity contribution in [3.8, 4) is 5.75 Å². The van der Waals surface area contributed by atoms with Crippen molar-refractivity contribution >= 4 is 5.91 Å². The molecule has 1 heterocycles. The zero-order chi connectivity index (χ0) is 15.8. The van der Waals surface area contributed by atoms with Crippen molar-refractivity contribution in [1.29, 1.82) is 0 Å². The molecule has 0 unspecified atom stereocenters. The molecule has 1 fully saturated rings. The molecule has 0 aromatic heterocycles. The Bertz CT molecular complexity index is 471. The zero-order valence-corrected chi connectivity index (χ0v) is 13.7. The van der Waals surface area contributed by atoms with Gasteiger partial charge in [0, 0.05) is 44.7 Å². The molecule has 0 spiro atoms. The summed E-state index contributed by atoms with van der Waals surface area (Å²) in [5.74, 6) is 1.22. The minimum atomic E-state index is 0.284. The van der Waals surface area contributed by atoms with Gasteiger partial charge in [-0.3, -0.25) is 9.69 Å². The Labute approximate surface area is 133 Å². The number of ether oxygens (including phenoxy) is 1. The van der Waals surface area contributed by atoms with Gasteiger partial charge in [-0.15, -0.1) is 0 Å². The number of amides is 1. The Balaban J connectivity index is 1.78. The van der Waals surface area contributed by atoms with Crippen LogP contribution >= 0.6 is 0 Å². The van der Waals surface area contributed by atoms with Crippen LogP contribution in [0.2, 0.25) is 0 Å². The van der Waals surface area contributed by atoms with E-state index in [1.165, 1.54) is 5.56 Å². The van der Waals surface area contributed by atoms with Crippen molar-refractivity contribution in [2.24, 2.45) is 0 Å². The normalized spacial score (nSPS) is 15.8. The predicted octanol–water partition coefficient (Wildman–Crippen LogP) is 1.34. The first-order valence-corrected chi connectivity index (χ1v) is 8.01. The predicted molar refractivity (Wildman–Crippen MR) is 88.0 cm³/mol. The van der Waals surface area contributed by atoms with E-state index in [-0.39, 0.29) is 5.91 Å². The number of methoxy groups -OCH3 is 1. The van der Waals surface area contributed by atoms with Gasteiger partial charge in [0.05, 0.1) is 7.11 Å². The highest BCUT2D eigenvalue weighted by atomic mass is 16.5. The first-order valence-electron chi connectivity index (χ1n) is 8.01. The van der Waals surface area contributed by atoms with Crippen molar-refractivity contribution in [3.63, 3.8) is 0 Å².